The molecule has 0 radical (unpaired) electrons. The molecule has 0 aliphatic rings. The lowest BCUT2D eigenvalue weighted by Crippen LogP contribution is -1.91. The third-order valence-corrected chi connectivity index (χ3v) is 2.30. The standard InChI is InChI=1S/C11H10ClN/c1-2-6-13-7-5-9-3-4-10(12)8-11(9)13/h2-5,7-8H,1,6H2. The van der Waals surface area contributed by atoms with E-state index in [1.807, 2.05) is 30.5 Å². The van der Waals surface area contributed by atoms with Crippen LogP contribution in [-0.4, -0.2) is 4.57 Å². The maximum atomic E-state index is 5.91. The van der Waals surface area contributed by atoms with E-state index < -0.39 is 0 Å². The summed E-state index contributed by atoms with van der Waals surface area (Å²) >= 11 is 5.91. The molecule has 66 valence electrons. The maximum Gasteiger partial charge on any atom is 0.0498 e. The number of hydrogen-bond donors (Lipinski definition) is 0. The van der Waals surface area contributed by atoms with Crippen molar-refractivity contribution in [3.05, 3.63) is 48.1 Å². The quantitative estimate of drug-likeness (QED) is 0.641. The van der Waals surface area contributed by atoms with Crippen LogP contribution in [0.4, 0.5) is 0 Å². The van der Waals surface area contributed by atoms with Crippen LogP contribution in [0.15, 0.2) is 43.1 Å². The predicted octanol–water partition coefficient (Wildman–Crippen LogP) is 3.48. The number of rotatable bonds is 2. The zero-order chi connectivity index (χ0) is 9.26. The number of allylic oxidation sites excluding steroid dienone is 1. The fraction of sp³-hybridized carbons (Fsp3) is 0.0909. The second kappa shape index (κ2) is 3.27. The topological polar surface area (TPSA) is 4.93 Å². The van der Waals surface area contributed by atoms with Gasteiger partial charge in [-0.2, -0.15) is 0 Å². The summed E-state index contributed by atoms with van der Waals surface area (Å²) < 4.78 is 2.12. The Labute approximate surface area is 82.2 Å². The minimum absolute atomic E-state index is 0.775. The minimum atomic E-state index is 0.775. The van der Waals surface area contributed by atoms with E-state index >= 15 is 0 Å². The molecule has 0 saturated heterocycles. The molecule has 0 atom stereocenters. The van der Waals surface area contributed by atoms with Gasteiger partial charge in [-0.15, -0.1) is 6.58 Å². The lowest BCUT2D eigenvalue weighted by molar-refractivity contribution is 0.865. The van der Waals surface area contributed by atoms with Crippen molar-refractivity contribution >= 4 is 22.5 Å². The average Bonchev–Trinajstić information content (AvgIpc) is 2.49. The number of halogens is 1. The van der Waals surface area contributed by atoms with E-state index in [2.05, 4.69) is 17.2 Å². The normalized spacial score (nSPS) is 10.5. The zero-order valence-corrected chi connectivity index (χ0v) is 7.96. The van der Waals surface area contributed by atoms with Crippen LogP contribution >= 0.6 is 11.6 Å². The van der Waals surface area contributed by atoms with Crippen LogP contribution in [0.5, 0.6) is 0 Å². The Morgan fingerprint density at radius 2 is 2.23 bits per heavy atom. The summed E-state index contributed by atoms with van der Waals surface area (Å²) in [5.74, 6) is 0. The van der Waals surface area contributed by atoms with Crippen molar-refractivity contribution in [1.29, 1.82) is 0 Å². The molecule has 0 spiro atoms. The first-order valence-electron chi connectivity index (χ1n) is 4.16. The fourth-order valence-corrected chi connectivity index (χ4v) is 1.62. The molecule has 1 heterocycles. The van der Waals surface area contributed by atoms with E-state index in [1.54, 1.807) is 0 Å². The van der Waals surface area contributed by atoms with E-state index in [4.69, 9.17) is 11.6 Å². The number of nitrogens with zero attached hydrogens (tertiary/aromatic N) is 1. The minimum Gasteiger partial charge on any atom is -0.344 e. The van der Waals surface area contributed by atoms with Gasteiger partial charge in [-0.25, -0.2) is 0 Å². The Morgan fingerprint density at radius 1 is 1.38 bits per heavy atom. The van der Waals surface area contributed by atoms with Crippen molar-refractivity contribution in [3.63, 3.8) is 0 Å². The Bertz CT molecular complexity index is 442. The summed E-state index contributed by atoms with van der Waals surface area (Å²) in [6, 6.07) is 7.98. The molecule has 1 aromatic carbocycles. The molecular formula is C11H10ClN. The fourth-order valence-electron chi connectivity index (χ4n) is 1.46. The van der Waals surface area contributed by atoms with Gasteiger partial charge in [0.2, 0.25) is 0 Å². The van der Waals surface area contributed by atoms with Crippen LogP contribution in [0.2, 0.25) is 5.02 Å². The molecule has 2 heteroatoms. The van der Waals surface area contributed by atoms with Gasteiger partial charge >= 0.3 is 0 Å². The third kappa shape index (κ3) is 1.47. The first-order valence-corrected chi connectivity index (χ1v) is 4.54. The van der Waals surface area contributed by atoms with Crippen molar-refractivity contribution < 1.29 is 0 Å². The lowest BCUT2D eigenvalue weighted by atomic mass is 10.2. The first-order chi connectivity index (χ1) is 6.31. The van der Waals surface area contributed by atoms with Crippen LogP contribution in [0, 0.1) is 0 Å². The molecule has 0 amide bonds. The summed E-state index contributed by atoms with van der Waals surface area (Å²) in [6.45, 7) is 4.53. The molecule has 0 N–H and O–H groups in total. The number of fused-ring (bicyclic) bond motifs is 1. The highest BCUT2D eigenvalue weighted by molar-refractivity contribution is 6.31. The van der Waals surface area contributed by atoms with Crippen LogP contribution < -0.4 is 0 Å². The predicted molar refractivity (Wildman–Crippen MR) is 57.1 cm³/mol. The highest BCUT2D eigenvalue weighted by Crippen LogP contribution is 2.20. The highest BCUT2D eigenvalue weighted by Gasteiger charge is 1.99. The van der Waals surface area contributed by atoms with Gasteiger partial charge in [-0.05, 0) is 23.6 Å². The van der Waals surface area contributed by atoms with Gasteiger partial charge < -0.3 is 4.57 Å². The monoisotopic (exact) mass is 191 g/mol. The SMILES string of the molecule is C=CCn1ccc2ccc(Cl)cc21. The van der Waals surface area contributed by atoms with E-state index in [0.717, 1.165) is 17.1 Å². The summed E-state index contributed by atoms with van der Waals surface area (Å²) in [5.41, 5.74) is 1.16. The maximum absolute atomic E-state index is 5.91. The van der Waals surface area contributed by atoms with Crippen LogP contribution in [0.1, 0.15) is 0 Å². The second-order valence-corrected chi connectivity index (χ2v) is 3.40. The number of hydrogen-bond acceptors (Lipinski definition) is 0. The van der Waals surface area contributed by atoms with Crippen LogP contribution in [0.3, 0.4) is 0 Å². The van der Waals surface area contributed by atoms with Gasteiger partial charge in [0.25, 0.3) is 0 Å². The van der Waals surface area contributed by atoms with Gasteiger partial charge in [0, 0.05) is 23.3 Å². The van der Waals surface area contributed by atoms with Crippen LogP contribution in [-0.2, 0) is 6.54 Å². The van der Waals surface area contributed by atoms with Crippen molar-refractivity contribution in [2.24, 2.45) is 0 Å². The molecular weight excluding hydrogens is 182 g/mol. The third-order valence-electron chi connectivity index (χ3n) is 2.06. The first kappa shape index (κ1) is 8.39. The van der Waals surface area contributed by atoms with Crippen molar-refractivity contribution in [2.75, 3.05) is 0 Å². The smallest absolute Gasteiger partial charge is 0.0498 e. The molecule has 2 rings (SSSR count). The molecule has 2 aromatic rings. The Morgan fingerprint density at radius 3 is 3.00 bits per heavy atom. The molecule has 0 aliphatic carbocycles. The summed E-state index contributed by atoms with van der Waals surface area (Å²) in [6.07, 6.45) is 3.92. The summed E-state index contributed by atoms with van der Waals surface area (Å²) in [5, 5.41) is 1.99. The van der Waals surface area contributed by atoms with E-state index in [1.165, 1.54) is 5.39 Å². The molecule has 0 aliphatic heterocycles. The van der Waals surface area contributed by atoms with Crippen molar-refractivity contribution in [3.8, 4) is 0 Å². The van der Waals surface area contributed by atoms with Gasteiger partial charge in [0.05, 0.1) is 0 Å². The second-order valence-electron chi connectivity index (χ2n) is 2.96. The Kier molecular flexibility index (Phi) is 2.11. The molecule has 0 saturated carbocycles. The average molecular weight is 192 g/mol. The van der Waals surface area contributed by atoms with E-state index in [9.17, 15) is 0 Å². The van der Waals surface area contributed by atoms with E-state index in [-0.39, 0.29) is 0 Å². The summed E-state index contributed by atoms with van der Waals surface area (Å²) in [7, 11) is 0. The molecule has 0 fully saturated rings. The molecule has 0 bridgehead atoms. The Hall–Kier alpha value is -1.21. The molecule has 13 heavy (non-hydrogen) atoms. The largest absolute Gasteiger partial charge is 0.344 e. The van der Waals surface area contributed by atoms with E-state index in [0.29, 0.717) is 0 Å². The molecule has 1 aromatic heterocycles. The molecule has 0 unspecified atom stereocenters. The molecule has 1 nitrogen and oxygen atoms in total. The highest BCUT2D eigenvalue weighted by atomic mass is 35.5. The summed E-state index contributed by atoms with van der Waals surface area (Å²) in [4.78, 5) is 0. The Balaban J connectivity index is 2.64. The van der Waals surface area contributed by atoms with Gasteiger partial charge in [-0.1, -0.05) is 23.7 Å². The van der Waals surface area contributed by atoms with Crippen molar-refractivity contribution in [1.82, 2.24) is 4.57 Å². The number of benzene rings is 1. The van der Waals surface area contributed by atoms with Gasteiger partial charge in [-0.3, -0.25) is 0 Å². The van der Waals surface area contributed by atoms with Gasteiger partial charge in [0.15, 0.2) is 0 Å². The van der Waals surface area contributed by atoms with Crippen molar-refractivity contribution in [2.45, 2.75) is 6.54 Å². The zero-order valence-electron chi connectivity index (χ0n) is 7.20. The van der Waals surface area contributed by atoms with Gasteiger partial charge in [0.1, 0.15) is 0 Å². The van der Waals surface area contributed by atoms with Crippen LogP contribution in [0.25, 0.3) is 10.9 Å². The number of aromatic nitrogens is 1. The lowest BCUT2D eigenvalue weighted by Gasteiger charge is -2.00.